The van der Waals surface area contributed by atoms with Gasteiger partial charge in [0.1, 0.15) is 5.58 Å². The Hall–Kier alpha value is -3.97. The molecule has 7 rings (SSSR count). The van der Waals surface area contributed by atoms with Crippen LogP contribution in [-0.2, 0) is 0 Å². The molecule has 3 nitrogen and oxygen atoms in total. The molecule has 38 heavy (non-hydrogen) atoms. The molecule has 176 valence electrons. The van der Waals surface area contributed by atoms with Crippen molar-refractivity contribution in [3.8, 4) is 44.9 Å². The van der Waals surface area contributed by atoms with Crippen LogP contribution < -0.4 is 0 Å². The SMILES string of the molecule is [U+2].[c-]1ccc(-c2ccc(-c3cccc(-c4ccccn4)n3)cc2)cc1-c1[c-]c2oc3ccccc3c2cc1. The van der Waals surface area contributed by atoms with Gasteiger partial charge in [-0.15, -0.1) is 23.8 Å². The summed E-state index contributed by atoms with van der Waals surface area (Å²) in [5, 5.41) is 2.19. The van der Waals surface area contributed by atoms with Gasteiger partial charge in [-0.3, -0.25) is 4.98 Å². The summed E-state index contributed by atoms with van der Waals surface area (Å²) in [5.74, 6) is 0. The van der Waals surface area contributed by atoms with Gasteiger partial charge >= 0.3 is 31.1 Å². The van der Waals surface area contributed by atoms with Crippen molar-refractivity contribution in [2.24, 2.45) is 0 Å². The molecule has 0 aliphatic heterocycles. The molecule has 0 bridgehead atoms. The zero-order valence-corrected chi connectivity index (χ0v) is 24.5. The minimum Gasteiger partial charge on any atom is -0.477 e. The Kier molecular flexibility index (Phi) is 6.68. The minimum absolute atomic E-state index is 0. The van der Waals surface area contributed by atoms with E-state index in [0.717, 1.165) is 66.8 Å². The van der Waals surface area contributed by atoms with E-state index < -0.39 is 0 Å². The quantitative estimate of drug-likeness (QED) is 0.172. The Bertz CT molecular complexity index is 1880. The van der Waals surface area contributed by atoms with Crippen LogP contribution in [0, 0.1) is 43.2 Å². The predicted octanol–water partition coefficient (Wildman–Crippen LogP) is 8.64. The molecule has 0 saturated carbocycles. The van der Waals surface area contributed by atoms with Crippen molar-refractivity contribution in [1.29, 1.82) is 0 Å². The van der Waals surface area contributed by atoms with Gasteiger partial charge in [-0.1, -0.05) is 60.0 Å². The molecule has 7 aromatic rings. The molecule has 0 spiro atoms. The summed E-state index contributed by atoms with van der Waals surface area (Å²) >= 11 is 0. The maximum Gasteiger partial charge on any atom is 2.00 e. The molecule has 4 heteroatoms. The van der Waals surface area contributed by atoms with Crippen molar-refractivity contribution in [2.75, 3.05) is 0 Å². The van der Waals surface area contributed by atoms with Crippen LogP contribution in [0.1, 0.15) is 0 Å². The first-order valence-electron chi connectivity index (χ1n) is 12.2. The molecule has 3 heterocycles. The number of nitrogens with zero attached hydrogens (tertiary/aromatic N) is 2. The topological polar surface area (TPSA) is 38.9 Å². The fourth-order valence-corrected chi connectivity index (χ4v) is 4.70. The van der Waals surface area contributed by atoms with Gasteiger partial charge in [-0.05, 0) is 41.3 Å². The van der Waals surface area contributed by atoms with Crippen molar-refractivity contribution in [1.82, 2.24) is 9.97 Å². The van der Waals surface area contributed by atoms with Gasteiger partial charge in [0.2, 0.25) is 0 Å². The van der Waals surface area contributed by atoms with Gasteiger partial charge in [-0.25, -0.2) is 16.1 Å². The van der Waals surface area contributed by atoms with Crippen molar-refractivity contribution in [2.45, 2.75) is 0 Å². The number of rotatable bonds is 4. The van der Waals surface area contributed by atoms with Crippen LogP contribution >= 0.6 is 0 Å². The monoisotopic (exact) mass is 710 g/mol. The Morgan fingerprint density at radius 2 is 1.37 bits per heavy atom. The molecule has 3 aromatic heterocycles. The fraction of sp³-hybridized carbons (Fsp3) is 0. The average molecular weight is 711 g/mol. The molecule has 0 fully saturated rings. The molecule has 0 atom stereocenters. The van der Waals surface area contributed by atoms with Crippen LogP contribution in [0.4, 0.5) is 0 Å². The van der Waals surface area contributed by atoms with Gasteiger partial charge in [0.25, 0.3) is 0 Å². The van der Waals surface area contributed by atoms with E-state index in [2.05, 4.69) is 71.7 Å². The van der Waals surface area contributed by atoms with E-state index in [1.807, 2.05) is 60.7 Å². The van der Waals surface area contributed by atoms with Gasteiger partial charge in [0.05, 0.1) is 17.1 Å². The predicted molar refractivity (Wildman–Crippen MR) is 149 cm³/mol. The zero-order valence-electron chi connectivity index (χ0n) is 20.3. The molecule has 0 radical (unpaired) electrons. The largest absolute Gasteiger partial charge is 2.00 e. The second-order valence-electron chi connectivity index (χ2n) is 8.90. The Morgan fingerprint density at radius 1 is 0.579 bits per heavy atom. The summed E-state index contributed by atoms with van der Waals surface area (Å²) in [6, 6.07) is 45.7. The van der Waals surface area contributed by atoms with Crippen molar-refractivity contribution in [3.63, 3.8) is 0 Å². The molecule has 0 N–H and O–H groups in total. The summed E-state index contributed by atoms with van der Waals surface area (Å²) in [6.07, 6.45) is 1.79. The Labute approximate surface area is 244 Å². The van der Waals surface area contributed by atoms with Crippen molar-refractivity contribution in [3.05, 3.63) is 134 Å². The third-order valence-corrected chi connectivity index (χ3v) is 6.58. The Balaban J connectivity index is 0.00000264. The van der Waals surface area contributed by atoms with E-state index in [0.29, 0.717) is 0 Å². The first kappa shape index (κ1) is 24.4. The molecule has 0 amide bonds. The van der Waals surface area contributed by atoms with Crippen LogP contribution in [-0.4, -0.2) is 9.97 Å². The summed E-state index contributed by atoms with van der Waals surface area (Å²) in [6.45, 7) is 0. The molecular weight excluding hydrogens is 690 g/mol. The first-order chi connectivity index (χ1) is 18.3. The summed E-state index contributed by atoms with van der Waals surface area (Å²) in [4.78, 5) is 9.25. The molecule has 0 aliphatic carbocycles. The molecule has 0 saturated heterocycles. The minimum atomic E-state index is 0. The summed E-state index contributed by atoms with van der Waals surface area (Å²) < 4.78 is 6.04. The van der Waals surface area contributed by atoms with Crippen molar-refractivity contribution >= 4 is 21.9 Å². The maximum atomic E-state index is 6.04. The van der Waals surface area contributed by atoms with Gasteiger partial charge in [0.15, 0.2) is 0 Å². The number of hydrogen-bond donors (Lipinski definition) is 0. The van der Waals surface area contributed by atoms with E-state index in [4.69, 9.17) is 9.40 Å². The van der Waals surface area contributed by atoms with Crippen LogP contribution in [0.3, 0.4) is 0 Å². The number of hydrogen-bond acceptors (Lipinski definition) is 3. The van der Waals surface area contributed by atoms with Gasteiger partial charge in [-0.2, -0.15) is 24.3 Å². The van der Waals surface area contributed by atoms with E-state index in [1.54, 1.807) is 6.20 Å². The number of aromatic nitrogens is 2. The molecular formula is C34H20N2OU. The number of para-hydroxylation sites is 1. The molecule has 0 aliphatic rings. The molecule has 4 aromatic carbocycles. The van der Waals surface area contributed by atoms with E-state index in [-0.39, 0.29) is 31.1 Å². The number of furan rings is 1. The number of fused-ring (bicyclic) bond motifs is 3. The van der Waals surface area contributed by atoms with Gasteiger partial charge < -0.3 is 4.42 Å². The second kappa shape index (κ2) is 10.4. The third-order valence-electron chi connectivity index (χ3n) is 6.58. The summed E-state index contributed by atoms with van der Waals surface area (Å²) in [5.41, 5.74) is 9.55. The molecule has 0 unspecified atom stereocenters. The van der Waals surface area contributed by atoms with Gasteiger partial charge in [0, 0.05) is 17.3 Å². The van der Waals surface area contributed by atoms with Crippen LogP contribution in [0.5, 0.6) is 0 Å². The van der Waals surface area contributed by atoms with Crippen LogP contribution in [0.2, 0.25) is 0 Å². The third kappa shape index (κ3) is 4.58. The van der Waals surface area contributed by atoms with E-state index in [1.165, 1.54) is 0 Å². The number of pyridine rings is 2. The van der Waals surface area contributed by atoms with E-state index in [9.17, 15) is 0 Å². The standard InChI is InChI=1S/C34H20N2O.U/c1-2-13-33-28(9-1)29-19-18-27(22-34(29)37-33)26-8-5-7-25(21-26)23-14-16-24(17-15-23)30-11-6-12-32(36-30)31-10-3-4-20-35-31;/h1-7,9-21H;/q-2;+2. The average Bonchev–Trinajstić information content (AvgIpc) is 3.36. The zero-order chi connectivity index (χ0) is 24.6. The van der Waals surface area contributed by atoms with Crippen LogP contribution in [0.25, 0.3) is 66.8 Å². The number of benzene rings is 4. The van der Waals surface area contributed by atoms with E-state index >= 15 is 0 Å². The van der Waals surface area contributed by atoms with Crippen molar-refractivity contribution < 1.29 is 35.5 Å². The normalized spacial score (nSPS) is 10.9. The smallest absolute Gasteiger partial charge is 0.477 e. The fourth-order valence-electron chi connectivity index (χ4n) is 4.70. The first-order valence-corrected chi connectivity index (χ1v) is 12.2. The summed E-state index contributed by atoms with van der Waals surface area (Å²) in [7, 11) is 0. The second-order valence-corrected chi connectivity index (χ2v) is 8.90. The maximum absolute atomic E-state index is 6.04. The van der Waals surface area contributed by atoms with Crippen LogP contribution in [0.15, 0.2) is 126 Å². The Morgan fingerprint density at radius 3 is 2.24 bits per heavy atom.